The number of anilines is 2. The highest BCUT2D eigenvalue weighted by Crippen LogP contribution is 2.22. The second-order valence-corrected chi connectivity index (χ2v) is 7.82. The molecule has 1 aliphatic heterocycles. The lowest BCUT2D eigenvalue weighted by atomic mass is 10.2. The summed E-state index contributed by atoms with van der Waals surface area (Å²) < 4.78 is 10.8. The van der Waals surface area contributed by atoms with Crippen molar-refractivity contribution in [3.8, 4) is 11.4 Å². The van der Waals surface area contributed by atoms with E-state index in [9.17, 15) is 14.9 Å². The zero-order chi connectivity index (χ0) is 24.9. The molecule has 3 rings (SSSR count). The molecule has 0 aliphatic carbocycles. The summed E-state index contributed by atoms with van der Waals surface area (Å²) in [6, 6.07) is 6.13. The third kappa shape index (κ3) is 8.70. The quantitative estimate of drug-likeness (QED) is 0.177. The molecule has 1 saturated heterocycles. The molecule has 0 radical (unpaired) electrons. The molecule has 0 unspecified atom stereocenters. The van der Waals surface area contributed by atoms with Crippen molar-refractivity contribution >= 4 is 23.5 Å². The number of nitrogens with one attached hydrogen (secondary N) is 2. The van der Waals surface area contributed by atoms with E-state index in [1.807, 2.05) is 4.90 Å². The van der Waals surface area contributed by atoms with Gasteiger partial charge >= 0.3 is 0 Å². The van der Waals surface area contributed by atoms with Gasteiger partial charge in [0.05, 0.1) is 31.4 Å². The zero-order valence-electron chi connectivity index (χ0n) is 19.6. The summed E-state index contributed by atoms with van der Waals surface area (Å²) in [6.45, 7) is 4.79. The van der Waals surface area contributed by atoms with Crippen LogP contribution >= 0.6 is 0 Å². The molecule has 1 aromatic carbocycles. The fourth-order valence-corrected chi connectivity index (χ4v) is 3.47. The Bertz CT molecular complexity index is 977. The number of nitrogens with two attached hydrogens (primary N) is 1. The molecular formula is C22H32N8O5. The number of rotatable bonds is 16. The predicted molar refractivity (Wildman–Crippen MR) is 130 cm³/mol. The van der Waals surface area contributed by atoms with E-state index >= 15 is 0 Å². The maximum Gasteiger partial charge on any atom is 0.270 e. The normalized spacial score (nSPS) is 13.3. The molecule has 190 valence electrons. The molecule has 0 bridgehead atoms. The van der Waals surface area contributed by atoms with Crippen LogP contribution in [0.25, 0.3) is 11.4 Å². The van der Waals surface area contributed by atoms with Crippen LogP contribution in [0.3, 0.4) is 0 Å². The van der Waals surface area contributed by atoms with Crippen molar-refractivity contribution in [1.29, 1.82) is 0 Å². The van der Waals surface area contributed by atoms with Gasteiger partial charge in [0.25, 0.3) is 5.69 Å². The molecular weight excluding hydrogens is 456 g/mol. The van der Waals surface area contributed by atoms with E-state index in [1.165, 1.54) is 12.1 Å². The fourth-order valence-electron chi connectivity index (χ4n) is 3.47. The monoisotopic (exact) mass is 488 g/mol. The number of ether oxygens (including phenoxy) is 2. The molecule has 1 fully saturated rings. The van der Waals surface area contributed by atoms with Crippen LogP contribution in [0.5, 0.6) is 0 Å². The van der Waals surface area contributed by atoms with Gasteiger partial charge in [0.2, 0.25) is 17.8 Å². The van der Waals surface area contributed by atoms with Gasteiger partial charge in [0.1, 0.15) is 0 Å². The number of hydrogen-bond donors (Lipinski definition) is 3. The first-order chi connectivity index (χ1) is 17.1. The molecule has 1 amide bonds. The van der Waals surface area contributed by atoms with Gasteiger partial charge in [-0.1, -0.05) is 12.1 Å². The van der Waals surface area contributed by atoms with Crippen LogP contribution in [-0.4, -0.2) is 89.8 Å². The van der Waals surface area contributed by atoms with Crippen molar-refractivity contribution in [1.82, 2.24) is 19.9 Å². The first kappa shape index (κ1) is 26.2. The Morgan fingerprint density at radius 2 is 1.80 bits per heavy atom. The fraction of sp³-hybridized carbons (Fsp3) is 0.545. The molecule has 35 heavy (non-hydrogen) atoms. The molecule has 2 heterocycles. The maximum absolute atomic E-state index is 11.8. The lowest BCUT2D eigenvalue weighted by Crippen LogP contribution is -2.27. The van der Waals surface area contributed by atoms with E-state index in [4.69, 9.17) is 15.2 Å². The number of carbonyl (C=O) groups excluding carboxylic acids is 1. The van der Waals surface area contributed by atoms with Crippen LogP contribution in [0.4, 0.5) is 17.6 Å². The van der Waals surface area contributed by atoms with E-state index < -0.39 is 4.92 Å². The average Bonchev–Trinajstić information content (AvgIpc) is 3.28. The molecule has 1 aliphatic rings. The molecule has 1 aromatic heterocycles. The topological polar surface area (TPSA) is 171 Å². The Morgan fingerprint density at radius 1 is 1.06 bits per heavy atom. The zero-order valence-corrected chi connectivity index (χ0v) is 19.6. The Kier molecular flexibility index (Phi) is 10.5. The lowest BCUT2D eigenvalue weighted by Gasteiger charge is -2.15. The number of nitro benzene ring substituents is 1. The highest BCUT2D eigenvalue weighted by Gasteiger charge is 2.19. The number of amides is 1. The van der Waals surface area contributed by atoms with Gasteiger partial charge < -0.3 is 30.7 Å². The van der Waals surface area contributed by atoms with Crippen LogP contribution in [0, 0.1) is 10.1 Å². The Labute approximate surface area is 203 Å². The van der Waals surface area contributed by atoms with Crippen molar-refractivity contribution in [3.05, 3.63) is 34.4 Å². The SMILES string of the molecule is NCCOCCOCCNc1nc(NCCCN2CCCC2=O)nc(-c2cccc([N+](=O)[O-])c2)n1. The van der Waals surface area contributed by atoms with Crippen LogP contribution in [0.15, 0.2) is 24.3 Å². The Hall–Kier alpha value is -3.42. The summed E-state index contributed by atoms with van der Waals surface area (Å²) in [7, 11) is 0. The van der Waals surface area contributed by atoms with Crippen molar-refractivity contribution in [3.63, 3.8) is 0 Å². The molecule has 4 N–H and O–H groups in total. The lowest BCUT2D eigenvalue weighted by molar-refractivity contribution is -0.384. The molecule has 13 heteroatoms. The van der Waals surface area contributed by atoms with Gasteiger partial charge in [-0.2, -0.15) is 15.0 Å². The van der Waals surface area contributed by atoms with Gasteiger partial charge in [-0.05, 0) is 12.8 Å². The summed E-state index contributed by atoms with van der Waals surface area (Å²) in [5.41, 5.74) is 5.82. The molecule has 0 saturated carbocycles. The Morgan fingerprint density at radius 3 is 2.49 bits per heavy atom. The molecule has 0 spiro atoms. The summed E-state index contributed by atoms with van der Waals surface area (Å²) in [5, 5.41) is 17.5. The first-order valence-corrected chi connectivity index (χ1v) is 11.7. The minimum absolute atomic E-state index is 0.0486. The summed E-state index contributed by atoms with van der Waals surface area (Å²) >= 11 is 0. The van der Waals surface area contributed by atoms with E-state index in [0.717, 1.165) is 19.4 Å². The van der Waals surface area contributed by atoms with Crippen LogP contribution in [0.1, 0.15) is 19.3 Å². The molecule has 2 aromatic rings. The van der Waals surface area contributed by atoms with Crippen molar-refractivity contribution in [2.75, 3.05) is 69.8 Å². The number of aromatic nitrogens is 3. The smallest absolute Gasteiger partial charge is 0.270 e. The van der Waals surface area contributed by atoms with Gasteiger partial charge in [-0.15, -0.1) is 0 Å². The second-order valence-electron chi connectivity index (χ2n) is 7.82. The van der Waals surface area contributed by atoms with Gasteiger partial charge in [0, 0.05) is 56.8 Å². The molecule has 13 nitrogen and oxygen atoms in total. The summed E-state index contributed by atoms with van der Waals surface area (Å²) in [4.78, 5) is 37.6. The highest BCUT2D eigenvalue weighted by molar-refractivity contribution is 5.78. The van der Waals surface area contributed by atoms with Gasteiger partial charge in [0.15, 0.2) is 5.82 Å². The van der Waals surface area contributed by atoms with Crippen LogP contribution in [0.2, 0.25) is 0 Å². The second kappa shape index (κ2) is 14.1. The minimum Gasteiger partial charge on any atom is -0.378 e. The number of carbonyl (C=O) groups is 1. The maximum atomic E-state index is 11.8. The summed E-state index contributed by atoms with van der Waals surface area (Å²) in [6.07, 6.45) is 2.27. The average molecular weight is 489 g/mol. The van der Waals surface area contributed by atoms with Gasteiger partial charge in [-0.25, -0.2) is 0 Å². The van der Waals surface area contributed by atoms with Crippen LogP contribution in [-0.2, 0) is 14.3 Å². The number of nitro groups is 1. The van der Waals surface area contributed by atoms with Crippen molar-refractivity contribution in [2.24, 2.45) is 5.73 Å². The van der Waals surface area contributed by atoms with E-state index in [1.54, 1.807) is 12.1 Å². The largest absolute Gasteiger partial charge is 0.378 e. The van der Waals surface area contributed by atoms with E-state index in [2.05, 4.69) is 25.6 Å². The molecule has 0 atom stereocenters. The number of likely N-dealkylation sites (tertiary alicyclic amines) is 1. The predicted octanol–water partition coefficient (Wildman–Crippen LogP) is 1.28. The number of benzene rings is 1. The van der Waals surface area contributed by atoms with E-state index in [-0.39, 0.29) is 11.6 Å². The van der Waals surface area contributed by atoms with Crippen molar-refractivity contribution in [2.45, 2.75) is 19.3 Å². The third-order valence-corrected chi connectivity index (χ3v) is 5.17. The van der Waals surface area contributed by atoms with Gasteiger partial charge in [-0.3, -0.25) is 14.9 Å². The van der Waals surface area contributed by atoms with Crippen LogP contribution < -0.4 is 16.4 Å². The minimum atomic E-state index is -0.461. The highest BCUT2D eigenvalue weighted by atomic mass is 16.6. The number of hydrogen-bond acceptors (Lipinski definition) is 11. The summed E-state index contributed by atoms with van der Waals surface area (Å²) in [5.74, 6) is 1.16. The Balaban J connectivity index is 1.61. The number of nitrogens with zero attached hydrogens (tertiary/aromatic N) is 5. The van der Waals surface area contributed by atoms with E-state index in [0.29, 0.717) is 82.3 Å². The first-order valence-electron chi connectivity index (χ1n) is 11.7. The van der Waals surface area contributed by atoms with Crippen molar-refractivity contribution < 1.29 is 19.2 Å². The third-order valence-electron chi connectivity index (χ3n) is 5.17. The number of non-ortho nitro benzene ring substituents is 1. The standard InChI is InChI=1S/C22H32N8O5/c23-7-12-34-14-15-35-13-9-25-22-27-20(17-4-1-5-18(16-17)30(32)33)26-21(28-22)24-8-3-11-29-10-2-6-19(29)31/h1,4-5,16H,2-3,6-15,23H2,(H2,24,25,26,27,28).